The van der Waals surface area contributed by atoms with Crippen molar-refractivity contribution in [3.05, 3.63) is 23.8 Å². The highest BCUT2D eigenvalue weighted by Crippen LogP contribution is 2.17. The summed E-state index contributed by atoms with van der Waals surface area (Å²) in [5.74, 6) is 1.05. The summed E-state index contributed by atoms with van der Waals surface area (Å²) in [5, 5.41) is 0.0435. The minimum absolute atomic E-state index is 0.0435. The van der Waals surface area contributed by atoms with Crippen molar-refractivity contribution in [1.29, 1.82) is 0 Å². The first kappa shape index (κ1) is 13.4. The second kappa shape index (κ2) is 7.73. The summed E-state index contributed by atoms with van der Waals surface area (Å²) < 4.78 is 0. The van der Waals surface area contributed by atoms with Gasteiger partial charge in [0.15, 0.2) is 0 Å². The van der Waals surface area contributed by atoms with E-state index in [0.29, 0.717) is 11.8 Å². The Morgan fingerprint density at radius 1 is 1.46 bits per heavy atom. The molecule has 76 valence electrons. The zero-order valence-corrected chi connectivity index (χ0v) is 10.1. The molecule has 0 radical (unpaired) electrons. The molecular weight excluding hydrogens is 226 g/mol. The predicted molar refractivity (Wildman–Crippen MR) is 63.2 cm³/mol. The Labute approximate surface area is 95.6 Å². The van der Waals surface area contributed by atoms with Crippen molar-refractivity contribution in [2.24, 2.45) is 0 Å². The molecule has 0 spiro atoms. The van der Waals surface area contributed by atoms with Gasteiger partial charge in [-0.25, -0.2) is 0 Å². The van der Waals surface area contributed by atoms with Crippen LogP contribution in [0.4, 0.5) is 0 Å². The van der Waals surface area contributed by atoms with Crippen molar-refractivity contribution >= 4 is 34.8 Å². The molecule has 1 unspecified atom stereocenters. The van der Waals surface area contributed by atoms with Crippen molar-refractivity contribution < 1.29 is 0 Å². The van der Waals surface area contributed by atoms with E-state index in [-0.39, 0.29) is 5.38 Å². The number of rotatable bonds is 6. The lowest BCUT2D eigenvalue weighted by atomic mass is 10.1. The molecule has 0 rings (SSSR count). The first-order chi connectivity index (χ1) is 6.11. The minimum atomic E-state index is 0.0435. The smallest absolute Gasteiger partial charge is 0.0543 e. The lowest BCUT2D eigenvalue weighted by Crippen LogP contribution is -2.00. The Balaban J connectivity index is 3.85. The fourth-order valence-electron chi connectivity index (χ4n) is 0.891. The van der Waals surface area contributed by atoms with E-state index in [1.54, 1.807) is 0 Å². The van der Waals surface area contributed by atoms with Gasteiger partial charge in [-0.15, -0.1) is 34.8 Å². The second-order valence-corrected chi connectivity index (χ2v) is 4.11. The average Bonchev–Trinajstić information content (AvgIpc) is 2.11. The molecule has 0 aromatic rings. The number of halogens is 3. The van der Waals surface area contributed by atoms with Crippen LogP contribution in [0.1, 0.15) is 19.8 Å². The third-order valence-electron chi connectivity index (χ3n) is 1.79. The summed E-state index contributed by atoms with van der Waals surface area (Å²) in [5.41, 5.74) is 2.16. The summed E-state index contributed by atoms with van der Waals surface area (Å²) in [6, 6.07) is 0. The minimum Gasteiger partial charge on any atom is -0.122 e. The molecule has 3 heteroatoms. The molecule has 0 aliphatic heterocycles. The molecule has 0 aliphatic carbocycles. The van der Waals surface area contributed by atoms with Gasteiger partial charge in [0.05, 0.1) is 5.38 Å². The SMILES string of the molecule is C=C(C)C(Cl)CC/C(=C/CCl)CCl. The lowest BCUT2D eigenvalue weighted by Gasteiger charge is -2.09. The van der Waals surface area contributed by atoms with Crippen molar-refractivity contribution in [3.63, 3.8) is 0 Å². The molecule has 0 aromatic heterocycles. The van der Waals surface area contributed by atoms with Gasteiger partial charge in [-0.1, -0.05) is 23.8 Å². The van der Waals surface area contributed by atoms with Crippen molar-refractivity contribution in [2.75, 3.05) is 11.8 Å². The van der Waals surface area contributed by atoms with Gasteiger partial charge in [-0.2, -0.15) is 0 Å². The molecule has 0 bridgehead atoms. The Morgan fingerprint density at radius 2 is 2.08 bits per heavy atom. The van der Waals surface area contributed by atoms with Gasteiger partial charge in [0.2, 0.25) is 0 Å². The summed E-state index contributed by atoms with van der Waals surface area (Å²) in [6.07, 6.45) is 3.72. The third kappa shape index (κ3) is 6.42. The Kier molecular flexibility index (Phi) is 7.93. The first-order valence-electron chi connectivity index (χ1n) is 4.21. The van der Waals surface area contributed by atoms with E-state index >= 15 is 0 Å². The van der Waals surface area contributed by atoms with E-state index in [2.05, 4.69) is 6.58 Å². The first-order valence-corrected chi connectivity index (χ1v) is 5.71. The van der Waals surface area contributed by atoms with Gasteiger partial charge in [0, 0.05) is 11.8 Å². The van der Waals surface area contributed by atoms with Crippen LogP contribution >= 0.6 is 34.8 Å². The largest absolute Gasteiger partial charge is 0.122 e. The Bertz CT molecular complexity index is 185. The van der Waals surface area contributed by atoms with Crippen LogP contribution in [-0.4, -0.2) is 17.1 Å². The normalized spacial score (nSPS) is 14.3. The number of hydrogen-bond donors (Lipinski definition) is 0. The topological polar surface area (TPSA) is 0 Å². The Hall–Kier alpha value is 0.350. The number of hydrogen-bond acceptors (Lipinski definition) is 0. The summed E-state index contributed by atoms with van der Waals surface area (Å²) >= 11 is 17.3. The molecule has 0 saturated carbocycles. The molecule has 0 fully saturated rings. The molecule has 0 aliphatic rings. The predicted octanol–water partition coefficient (Wildman–Crippen LogP) is 4.35. The van der Waals surface area contributed by atoms with Crippen LogP contribution in [0, 0.1) is 0 Å². The van der Waals surface area contributed by atoms with E-state index in [0.717, 1.165) is 24.0 Å². The highest BCUT2D eigenvalue weighted by Gasteiger charge is 2.05. The van der Waals surface area contributed by atoms with Gasteiger partial charge in [0.25, 0.3) is 0 Å². The Morgan fingerprint density at radius 3 is 2.46 bits per heavy atom. The van der Waals surface area contributed by atoms with Gasteiger partial charge in [-0.3, -0.25) is 0 Å². The van der Waals surface area contributed by atoms with E-state index < -0.39 is 0 Å². The quantitative estimate of drug-likeness (QED) is 0.479. The van der Waals surface area contributed by atoms with Crippen LogP contribution in [0.2, 0.25) is 0 Å². The van der Waals surface area contributed by atoms with Crippen molar-refractivity contribution in [1.82, 2.24) is 0 Å². The number of alkyl halides is 3. The van der Waals surface area contributed by atoms with E-state index in [9.17, 15) is 0 Å². The molecule has 0 nitrogen and oxygen atoms in total. The lowest BCUT2D eigenvalue weighted by molar-refractivity contribution is 0.812. The molecule has 1 atom stereocenters. The van der Waals surface area contributed by atoms with Gasteiger partial charge < -0.3 is 0 Å². The van der Waals surface area contributed by atoms with Crippen LogP contribution in [0.3, 0.4) is 0 Å². The van der Waals surface area contributed by atoms with Crippen molar-refractivity contribution in [2.45, 2.75) is 25.1 Å². The molecular formula is C10H15Cl3. The fourth-order valence-corrected chi connectivity index (χ4v) is 1.46. The van der Waals surface area contributed by atoms with Crippen LogP contribution in [0.15, 0.2) is 23.8 Å². The van der Waals surface area contributed by atoms with Crippen LogP contribution in [0.5, 0.6) is 0 Å². The third-order valence-corrected chi connectivity index (χ3v) is 2.88. The van der Waals surface area contributed by atoms with Crippen molar-refractivity contribution in [3.8, 4) is 0 Å². The van der Waals surface area contributed by atoms with Gasteiger partial charge in [0.1, 0.15) is 0 Å². The highest BCUT2D eigenvalue weighted by molar-refractivity contribution is 6.22. The van der Waals surface area contributed by atoms with Crippen LogP contribution < -0.4 is 0 Å². The summed E-state index contributed by atoms with van der Waals surface area (Å²) in [7, 11) is 0. The van der Waals surface area contributed by atoms with Crippen LogP contribution in [-0.2, 0) is 0 Å². The molecule has 0 aromatic carbocycles. The van der Waals surface area contributed by atoms with E-state index in [4.69, 9.17) is 34.8 Å². The van der Waals surface area contributed by atoms with Gasteiger partial charge in [-0.05, 0) is 19.8 Å². The fraction of sp³-hybridized carbons (Fsp3) is 0.600. The monoisotopic (exact) mass is 240 g/mol. The zero-order valence-electron chi connectivity index (χ0n) is 7.82. The number of allylic oxidation sites excluding steroid dienone is 3. The summed E-state index contributed by atoms with van der Waals surface area (Å²) in [6.45, 7) is 5.73. The molecule has 0 amide bonds. The maximum absolute atomic E-state index is 6.01. The van der Waals surface area contributed by atoms with Gasteiger partial charge >= 0.3 is 0 Å². The second-order valence-electron chi connectivity index (χ2n) is 3.00. The van der Waals surface area contributed by atoms with E-state index in [1.807, 2.05) is 13.0 Å². The molecule has 0 N–H and O–H groups in total. The maximum Gasteiger partial charge on any atom is 0.0543 e. The van der Waals surface area contributed by atoms with E-state index in [1.165, 1.54) is 0 Å². The molecule has 0 saturated heterocycles. The maximum atomic E-state index is 6.01. The summed E-state index contributed by atoms with van der Waals surface area (Å²) in [4.78, 5) is 0. The van der Waals surface area contributed by atoms with Crippen LogP contribution in [0.25, 0.3) is 0 Å². The molecule has 0 heterocycles. The highest BCUT2D eigenvalue weighted by atomic mass is 35.5. The molecule has 13 heavy (non-hydrogen) atoms. The standard InChI is InChI=1S/C10H15Cl3/c1-8(2)10(13)4-3-9(7-12)5-6-11/h5,10H,1,3-4,6-7H2,2H3/b9-5-. The zero-order chi connectivity index (χ0) is 10.3. The average molecular weight is 242 g/mol.